The monoisotopic (exact) mass is 286 g/mol. The molecule has 2 fully saturated rings. The van der Waals surface area contributed by atoms with Gasteiger partial charge in [-0.3, -0.25) is 14.5 Å². The Labute approximate surface area is 118 Å². The summed E-state index contributed by atoms with van der Waals surface area (Å²) in [5, 5.41) is 8.67. The molecule has 2 aliphatic rings. The maximum absolute atomic E-state index is 12.5. The molecule has 0 aromatic heterocycles. The molecule has 2 rings (SSSR count). The summed E-state index contributed by atoms with van der Waals surface area (Å²) in [5.74, 6) is 0.599. The molecule has 1 unspecified atom stereocenters. The maximum atomic E-state index is 12.5. The molecule has 0 bridgehead atoms. The number of carboxylic acid groups (broad SMARTS) is 1. The Morgan fingerprint density at radius 1 is 1.26 bits per heavy atom. The largest absolute Gasteiger partial charge is 0.481 e. The number of thioether (sulfide) groups is 1. The zero-order chi connectivity index (χ0) is 13.9. The molecule has 0 aliphatic carbocycles. The van der Waals surface area contributed by atoms with Crippen molar-refractivity contribution in [2.45, 2.75) is 30.9 Å². The lowest BCUT2D eigenvalue weighted by Crippen LogP contribution is -2.53. The number of carboxylic acids is 1. The van der Waals surface area contributed by atoms with Crippen LogP contribution in [0.2, 0.25) is 0 Å². The summed E-state index contributed by atoms with van der Waals surface area (Å²) in [4.78, 5) is 27.1. The smallest absolute Gasteiger partial charge is 0.304 e. The van der Waals surface area contributed by atoms with Gasteiger partial charge in [0.15, 0.2) is 0 Å². The number of hydrogen-bond acceptors (Lipinski definition) is 4. The van der Waals surface area contributed by atoms with E-state index in [1.807, 2.05) is 4.90 Å². The van der Waals surface area contributed by atoms with E-state index >= 15 is 0 Å². The number of carbonyl (C=O) groups is 2. The van der Waals surface area contributed by atoms with Gasteiger partial charge >= 0.3 is 5.97 Å². The predicted molar refractivity (Wildman–Crippen MR) is 75.4 cm³/mol. The van der Waals surface area contributed by atoms with E-state index in [4.69, 9.17) is 5.11 Å². The summed E-state index contributed by atoms with van der Waals surface area (Å²) in [5.41, 5.74) is 0. The molecule has 0 aromatic carbocycles. The lowest BCUT2D eigenvalue weighted by atomic mass is 10.0. The predicted octanol–water partition coefficient (Wildman–Crippen LogP) is 0.891. The van der Waals surface area contributed by atoms with Gasteiger partial charge in [-0.15, -0.1) is 11.8 Å². The highest BCUT2D eigenvalue weighted by atomic mass is 32.2. The highest BCUT2D eigenvalue weighted by Gasteiger charge is 2.40. The van der Waals surface area contributed by atoms with Crippen LogP contribution in [0.5, 0.6) is 0 Å². The summed E-state index contributed by atoms with van der Waals surface area (Å²) in [6.45, 7) is 5.69. The normalized spacial score (nSPS) is 28.6. The fraction of sp³-hybridized carbons (Fsp3) is 0.846. The van der Waals surface area contributed by atoms with E-state index in [-0.39, 0.29) is 17.1 Å². The quantitative estimate of drug-likeness (QED) is 0.832. The first kappa shape index (κ1) is 14.7. The van der Waals surface area contributed by atoms with E-state index in [0.717, 1.165) is 44.8 Å². The van der Waals surface area contributed by atoms with Crippen molar-refractivity contribution >= 4 is 23.6 Å². The minimum absolute atomic E-state index is 0.182. The third-order valence-corrected chi connectivity index (χ3v) is 5.48. The molecule has 108 valence electrons. The molecule has 0 aromatic rings. The topological polar surface area (TPSA) is 60.9 Å². The first-order valence-corrected chi connectivity index (χ1v) is 7.87. The van der Waals surface area contributed by atoms with E-state index in [9.17, 15) is 9.59 Å². The number of hydrogen-bond donors (Lipinski definition) is 1. The minimum Gasteiger partial charge on any atom is -0.481 e. The molecule has 0 saturated carbocycles. The summed E-state index contributed by atoms with van der Waals surface area (Å²) < 4.78 is -0.219. The van der Waals surface area contributed by atoms with Crippen molar-refractivity contribution in [1.82, 2.24) is 9.80 Å². The van der Waals surface area contributed by atoms with Crippen LogP contribution in [0.15, 0.2) is 0 Å². The minimum atomic E-state index is -0.756. The van der Waals surface area contributed by atoms with Crippen molar-refractivity contribution in [2.75, 3.05) is 38.5 Å². The molecule has 5 nitrogen and oxygen atoms in total. The van der Waals surface area contributed by atoms with Gasteiger partial charge in [0.2, 0.25) is 5.91 Å². The van der Waals surface area contributed by atoms with Crippen molar-refractivity contribution in [1.29, 1.82) is 0 Å². The number of piperazine rings is 1. The SMILES string of the molecule is CC1(C(=O)N2CCN(CCC(=O)O)CC2)CCCS1. The van der Waals surface area contributed by atoms with E-state index in [1.54, 1.807) is 11.8 Å². The molecule has 19 heavy (non-hydrogen) atoms. The summed E-state index contributed by atoms with van der Waals surface area (Å²) >= 11 is 1.78. The van der Waals surface area contributed by atoms with Crippen molar-refractivity contribution in [3.8, 4) is 0 Å². The molecule has 1 N–H and O–H groups in total. The lowest BCUT2D eigenvalue weighted by molar-refractivity contribution is -0.139. The van der Waals surface area contributed by atoms with Crippen molar-refractivity contribution < 1.29 is 14.7 Å². The molecule has 1 atom stereocenters. The molecular weight excluding hydrogens is 264 g/mol. The Morgan fingerprint density at radius 3 is 2.47 bits per heavy atom. The Morgan fingerprint density at radius 2 is 1.95 bits per heavy atom. The molecule has 2 aliphatic heterocycles. The van der Waals surface area contributed by atoms with Gasteiger partial charge < -0.3 is 10.0 Å². The van der Waals surface area contributed by atoms with Gasteiger partial charge in [-0.1, -0.05) is 0 Å². The zero-order valence-corrected chi connectivity index (χ0v) is 12.2. The maximum Gasteiger partial charge on any atom is 0.304 e. The van der Waals surface area contributed by atoms with Crippen LogP contribution in [0, 0.1) is 0 Å². The van der Waals surface area contributed by atoms with Gasteiger partial charge in [0, 0.05) is 32.7 Å². The standard InChI is InChI=1S/C13H22N2O3S/c1-13(4-2-10-19-13)12(18)15-8-6-14(7-9-15)5-3-11(16)17/h2-10H2,1H3,(H,16,17). The second kappa shape index (κ2) is 6.13. The molecular formula is C13H22N2O3S. The van der Waals surface area contributed by atoms with Crippen LogP contribution in [0.25, 0.3) is 0 Å². The van der Waals surface area contributed by atoms with E-state index in [2.05, 4.69) is 11.8 Å². The Kier molecular flexibility index (Phi) is 4.73. The van der Waals surface area contributed by atoms with Crippen LogP contribution in [0.4, 0.5) is 0 Å². The van der Waals surface area contributed by atoms with Gasteiger partial charge in [0.05, 0.1) is 11.2 Å². The molecule has 0 radical (unpaired) electrons. The lowest BCUT2D eigenvalue weighted by Gasteiger charge is -2.38. The van der Waals surface area contributed by atoms with Crippen LogP contribution >= 0.6 is 11.8 Å². The third-order valence-electron chi connectivity index (χ3n) is 3.97. The fourth-order valence-corrected chi connectivity index (χ4v) is 3.99. The van der Waals surface area contributed by atoms with Crippen LogP contribution in [-0.2, 0) is 9.59 Å². The highest BCUT2D eigenvalue weighted by Crippen LogP contribution is 2.39. The molecule has 0 spiro atoms. The van der Waals surface area contributed by atoms with E-state index in [0.29, 0.717) is 6.54 Å². The number of amides is 1. The second-order valence-electron chi connectivity index (χ2n) is 5.46. The van der Waals surface area contributed by atoms with Gasteiger partial charge in [-0.25, -0.2) is 0 Å². The van der Waals surface area contributed by atoms with Gasteiger partial charge in [0.1, 0.15) is 0 Å². The van der Waals surface area contributed by atoms with E-state index < -0.39 is 5.97 Å². The summed E-state index contributed by atoms with van der Waals surface area (Å²) in [6.07, 6.45) is 2.29. The van der Waals surface area contributed by atoms with Crippen LogP contribution < -0.4 is 0 Å². The average Bonchev–Trinajstić information content (AvgIpc) is 2.84. The highest BCUT2D eigenvalue weighted by molar-refractivity contribution is 8.01. The number of carbonyl (C=O) groups excluding carboxylic acids is 1. The molecule has 2 heterocycles. The second-order valence-corrected chi connectivity index (χ2v) is 7.06. The van der Waals surface area contributed by atoms with Gasteiger partial charge in [-0.05, 0) is 25.5 Å². The molecule has 6 heteroatoms. The van der Waals surface area contributed by atoms with Gasteiger partial charge in [0.25, 0.3) is 0 Å². The zero-order valence-electron chi connectivity index (χ0n) is 11.4. The molecule has 2 saturated heterocycles. The van der Waals surface area contributed by atoms with Crippen molar-refractivity contribution in [3.63, 3.8) is 0 Å². The van der Waals surface area contributed by atoms with Crippen LogP contribution in [0.3, 0.4) is 0 Å². The summed E-state index contributed by atoms with van der Waals surface area (Å²) in [7, 11) is 0. The van der Waals surface area contributed by atoms with E-state index in [1.165, 1.54) is 0 Å². The molecule has 1 amide bonds. The average molecular weight is 286 g/mol. The van der Waals surface area contributed by atoms with Crippen LogP contribution in [-0.4, -0.2) is 70.0 Å². The van der Waals surface area contributed by atoms with Gasteiger partial charge in [-0.2, -0.15) is 0 Å². The summed E-state index contributed by atoms with van der Waals surface area (Å²) in [6, 6.07) is 0. The first-order valence-electron chi connectivity index (χ1n) is 6.89. The Hall–Kier alpha value is -0.750. The fourth-order valence-electron chi connectivity index (χ4n) is 2.71. The number of aliphatic carboxylic acids is 1. The number of nitrogens with zero attached hydrogens (tertiary/aromatic N) is 2. The number of rotatable bonds is 4. The Bertz CT molecular complexity index is 348. The van der Waals surface area contributed by atoms with Crippen LogP contribution in [0.1, 0.15) is 26.2 Å². The first-order chi connectivity index (χ1) is 9.01. The van der Waals surface area contributed by atoms with Crippen molar-refractivity contribution in [2.24, 2.45) is 0 Å². The Balaban J connectivity index is 1.79. The van der Waals surface area contributed by atoms with Crippen molar-refractivity contribution in [3.05, 3.63) is 0 Å². The third kappa shape index (κ3) is 3.63.